The van der Waals surface area contributed by atoms with Crippen LogP contribution in [-0.2, 0) is 18.4 Å². The van der Waals surface area contributed by atoms with Crippen molar-refractivity contribution >= 4 is 0 Å². The Kier molecular flexibility index (Phi) is 4.55. The number of aromatic nitrogens is 2. The second-order valence-corrected chi connectivity index (χ2v) is 5.94. The Balaban J connectivity index is 3.18. The molecule has 0 saturated heterocycles. The van der Waals surface area contributed by atoms with Crippen LogP contribution in [0.2, 0.25) is 0 Å². The number of nitrogens with zero attached hydrogens (tertiary/aromatic N) is 3. The highest BCUT2D eigenvalue weighted by atomic mass is 19.4. The molecule has 0 atom stereocenters. The minimum absolute atomic E-state index is 0.155. The lowest BCUT2D eigenvalue weighted by molar-refractivity contribution is -0.127. The number of hydrogen-bond donors (Lipinski definition) is 0. The molecule has 0 saturated carbocycles. The Morgan fingerprint density at radius 1 is 1.16 bits per heavy atom. The van der Waals surface area contributed by atoms with Gasteiger partial charge >= 0.3 is 6.18 Å². The van der Waals surface area contributed by atoms with Gasteiger partial charge < -0.3 is 4.90 Å². The number of halogens is 3. The van der Waals surface area contributed by atoms with Gasteiger partial charge in [-0.1, -0.05) is 20.8 Å². The zero-order chi connectivity index (χ0) is 14.8. The highest BCUT2D eigenvalue weighted by molar-refractivity contribution is 5.25. The predicted molar refractivity (Wildman–Crippen MR) is 67.9 cm³/mol. The van der Waals surface area contributed by atoms with E-state index in [-0.39, 0.29) is 5.56 Å². The lowest BCUT2D eigenvalue weighted by Gasteiger charge is -2.23. The van der Waals surface area contributed by atoms with Crippen LogP contribution in [-0.4, -0.2) is 35.1 Å². The molecule has 0 amide bonds. The van der Waals surface area contributed by atoms with Gasteiger partial charge in [-0.15, -0.1) is 0 Å². The first-order valence-electron chi connectivity index (χ1n) is 6.06. The summed E-state index contributed by atoms with van der Waals surface area (Å²) in [5.74, 6) is 0.542. The molecule has 3 nitrogen and oxygen atoms in total. The molecule has 0 unspecified atom stereocenters. The maximum atomic E-state index is 12.6. The van der Waals surface area contributed by atoms with Crippen molar-refractivity contribution in [2.24, 2.45) is 0 Å². The fourth-order valence-electron chi connectivity index (χ4n) is 1.80. The largest absolute Gasteiger partial charge is 0.393 e. The van der Waals surface area contributed by atoms with Crippen molar-refractivity contribution < 1.29 is 13.2 Å². The van der Waals surface area contributed by atoms with Crippen LogP contribution in [0.15, 0.2) is 6.20 Å². The zero-order valence-electron chi connectivity index (χ0n) is 12.0. The first kappa shape index (κ1) is 15.9. The standard InChI is InChI=1S/C13H20F3N3/c1-12(2,3)11-9(6-13(14,15)16)7-17-10(18-11)8-19(4)5/h7H,6,8H2,1-5H3. The first-order valence-corrected chi connectivity index (χ1v) is 6.06. The SMILES string of the molecule is CN(C)Cc1ncc(CC(F)(F)F)c(C(C)(C)C)n1. The van der Waals surface area contributed by atoms with Crippen LogP contribution in [0.1, 0.15) is 37.9 Å². The topological polar surface area (TPSA) is 29.0 Å². The first-order chi connectivity index (χ1) is 8.49. The second kappa shape index (κ2) is 5.45. The summed E-state index contributed by atoms with van der Waals surface area (Å²) in [5, 5.41) is 0. The normalized spacial score (nSPS) is 13.1. The molecule has 0 aliphatic carbocycles. The molecule has 108 valence electrons. The van der Waals surface area contributed by atoms with Gasteiger partial charge in [-0.25, -0.2) is 9.97 Å². The average molecular weight is 275 g/mol. The van der Waals surface area contributed by atoms with E-state index in [1.54, 1.807) is 0 Å². The molecule has 1 aromatic rings. The number of hydrogen-bond acceptors (Lipinski definition) is 3. The van der Waals surface area contributed by atoms with Gasteiger partial charge in [0.1, 0.15) is 5.82 Å². The van der Waals surface area contributed by atoms with Crippen molar-refractivity contribution in [3.8, 4) is 0 Å². The predicted octanol–water partition coefficient (Wildman–Crippen LogP) is 2.94. The van der Waals surface area contributed by atoms with Gasteiger partial charge in [-0.3, -0.25) is 0 Å². The van der Waals surface area contributed by atoms with Crippen molar-refractivity contribution in [1.82, 2.24) is 14.9 Å². The molecule has 19 heavy (non-hydrogen) atoms. The molecular weight excluding hydrogens is 255 g/mol. The fraction of sp³-hybridized carbons (Fsp3) is 0.692. The molecule has 0 aliphatic heterocycles. The summed E-state index contributed by atoms with van der Waals surface area (Å²) >= 11 is 0. The van der Waals surface area contributed by atoms with Crippen molar-refractivity contribution in [2.45, 2.75) is 45.3 Å². The van der Waals surface area contributed by atoms with Crippen LogP contribution >= 0.6 is 0 Å². The summed E-state index contributed by atoms with van der Waals surface area (Å²) in [6, 6.07) is 0. The Morgan fingerprint density at radius 3 is 2.16 bits per heavy atom. The minimum Gasteiger partial charge on any atom is -0.302 e. The van der Waals surface area contributed by atoms with E-state index in [1.165, 1.54) is 6.20 Å². The van der Waals surface area contributed by atoms with Gasteiger partial charge in [-0.05, 0) is 14.1 Å². The molecule has 1 heterocycles. The molecule has 1 rings (SSSR count). The quantitative estimate of drug-likeness (QED) is 0.849. The Labute approximate surface area is 111 Å². The van der Waals surface area contributed by atoms with Crippen molar-refractivity contribution in [2.75, 3.05) is 14.1 Å². The molecule has 0 radical (unpaired) electrons. The van der Waals surface area contributed by atoms with E-state index in [0.29, 0.717) is 18.1 Å². The smallest absolute Gasteiger partial charge is 0.302 e. The molecule has 0 fully saturated rings. The van der Waals surface area contributed by atoms with Gasteiger partial charge in [-0.2, -0.15) is 13.2 Å². The summed E-state index contributed by atoms with van der Waals surface area (Å²) in [6.07, 6.45) is -3.92. The van der Waals surface area contributed by atoms with Gasteiger partial charge in [0.05, 0.1) is 18.7 Å². The molecule has 0 bridgehead atoms. The van der Waals surface area contributed by atoms with E-state index in [1.807, 2.05) is 39.8 Å². The van der Waals surface area contributed by atoms with Crippen LogP contribution < -0.4 is 0 Å². The summed E-state index contributed by atoms with van der Waals surface area (Å²) in [6.45, 7) is 6.08. The maximum Gasteiger partial charge on any atom is 0.393 e. The lowest BCUT2D eigenvalue weighted by atomic mass is 9.88. The van der Waals surface area contributed by atoms with Crippen molar-refractivity contribution in [3.05, 3.63) is 23.3 Å². The van der Waals surface area contributed by atoms with E-state index < -0.39 is 18.0 Å². The summed E-state index contributed by atoms with van der Waals surface area (Å²) < 4.78 is 37.7. The molecule has 0 aromatic carbocycles. The molecule has 6 heteroatoms. The van der Waals surface area contributed by atoms with E-state index in [4.69, 9.17) is 0 Å². The van der Waals surface area contributed by atoms with Gasteiger partial charge in [0.2, 0.25) is 0 Å². The minimum atomic E-state index is -4.24. The van der Waals surface area contributed by atoms with Crippen LogP contribution in [0.3, 0.4) is 0 Å². The molecule has 0 aliphatic rings. The molecule has 0 spiro atoms. The van der Waals surface area contributed by atoms with E-state index >= 15 is 0 Å². The van der Waals surface area contributed by atoms with Crippen LogP contribution in [0.4, 0.5) is 13.2 Å². The molecule has 0 N–H and O–H groups in total. The fourth-order valence-corrected chi connectivity index (χ4v) is 1.80. The molecule has 1 aromatic heterocycles. The zero-order valence-corrected chi connectivity index (χ0v) is 12.0. The van der Waals surface area contributed by atoms with Crippen molar-refractivity contribution in [1.29, 1.82) is 0 Å². The average Bonchev–Trinajstić information content (AvgIpc) is 2.15. The van der Waals surface area contributed by atoms with Crippen molar-refractivity contribution in [3.63, 3.8) is 0 Å². The number of alkyl halides is 3. The maximum absolute atomic E-state index is 12.6. The Bertz CT molecular complexity index is 434. The number of rotatable bonds is 3. The van der Waals surface area contributed by atoms with Crippen LogP contribution in [0, 0.1) is 0 Å². The van der Waals surface area contributed by atoms with Gasteiger partial charge in [0.15, 0.2) is 0 Å². The Morgan fingerprint density at radius 2 is 1.74 bits per heavy atom. The van der Waals surface area contributed by atoms with E-state index in [0.717, 1.165) is 0 Å². The summed E-state index contributed by atoms with van der Waals surface area (Å²) in [4.78, 5) is 10.2. The van der Waals surface area contributed by atoms with E-state index in [2.05, 4.69) is 9.97 Å². The monoisotopic (exact) mass is 275 g/mol. The van der Waals surface area contributed by atoms with Crippen LogP contribution in [0.25, 0.3) is 0 Å². The third-order valence-electron chi connectivity index (χ3n) is 2.47. The van der Waals surface area contributed by atoms with Crippen LogP contribution in [0.5, 0.6) is 0 Å². The summed E-state index contributed by atoms with van der Waals surface area (Å²) in [7, 11) is 3.73. The second-order valence-electron chi connectivity index (χ2n) is 5.94. The highest BCUT2D eigenvalue weighted by Crippen LogP contribution is 2.29. The third-order valence-corrected chi connectivity index (χ3v) is 2.47. The van der Waals surface area contributed by atoms with Gasteiger partial charge in [0, 0.05) is 17.2 Å². The Hall–Kier alpha value is -1.17. The highest BCUT2D eigenvalue weighted by Gasteiger charge is 2.32. The molecular formula is C13H20F3N3. The summed E-state index contributed by atoms with van der Waals surface area (Å²) in [5.41, 5.74) is 0.184. The van der Waals surface area contributed by atoms with Gasteiger partial charge in [0.25, 0.3) is 0 Å². The lowest BCUT2D eigenvalue weighted by Crippen LogP contribution is -2.23. The van der Waals surface area contributed by atoms with E-state index in [9.17, 15) is 13.2 Å². The third kappa shape index (κ3) is 5.14.